The Balaban J connectivity index is 1.57. The normalized spacial score (nSPS) is 12.2. The molecule has 0 saturated carbocycles. The van der Waals surface area contributed by atoms with Crippen molar-refractivity contribution in [2.75, 3.05) is 12.4 Å². The van der Waals surface area contributed by atoms with Crippen LogP contribution in [0.2, 0.25) is 0 Å². The van der Waals surface area contributed by atoms with Crippen molar-refractivity contribution < 1.29 is 9.21 Å². The third-order valence-electron chi connectivity index (χ3n) is 4.79. The van der Waals surface area contributed by atoms with Crippen molar-refractivity contribution in [2.24, 2.45) is 0 Å². The zero-order valence-electron chi connectivity index (χ0n) is 14.8. The topological polar surface area (TPSA) is 45.5 Å². The van der Waals surface area contributed by atoms with Crippen LogP contribution in [-0.4, -0.2) is 18.0 Å². The fourth-order valence-corrected chi connectivity index (χ4v) is 3.11. The minimum absolute atomic E-state index is 0.172. The highest BCUT2D eigenvalue weighted by Crippen LogP contribution is 2.28. The molecule has 0 aliphatic heterocycles. The summed E-state index contributed by atoms with van der Waals surface area (Å²) in [7, 11) is 1.78. The Kier molecular flexibility index (Phi) is 4.09. The molecule has 0 radical (unpaired) electrons. The molecule has 0 unspecified atom stereocenters. The predicted molar refractivity (Wildman–Crippen MR) is 105 cm³/mol. The Hall–Kier alpha value is -3.27. The molecule has 0 aliphatic rings. The highest BCUT2D eigenvalue weighted by Gasteiger charge is 2.21. The molecule has 3 aromatic carbocycles. The minimum Gasteiger partial charge on any atom is -0.459 e. The van der Waals surface area contributed by atoms with Crippen molar-refractivity contribution in [3.63, 3.8) is 0 Å². The number of urea groups is 1. The summed E-state index contributed by atoms with van der Waals surface area (Å²) in [5.74, 6) is 0.766. The Morgan fingerprint density at radius 3 is 2.46 bits per heavy atom. The first-order valence-electron chi connectivity index (χ1n) is 8.63. The van der Waals surface area contributed by atoms with E-state index in [1.54, 1.807) is 11.9 Å². The number of carbonyl (C=O) groups is 1. The lowest BCUT2D eigenvalue weighted by atomic mass is 10.1. The number of nitrogens with zero attached hydrogens (tertiary/aromatic N) is 1. The molecule has 2 amide bonds. The van der Waals surface area contributed by atoms with E-state index in [1.165, 1.54) is 0 Å². The Labute approximate surface area is 152 Å². The highest BCUT2D eigenvalue weighted by atomic mass is 16.3. The summed E-state index contributed by atoms with van der Waals surface area (Å²) in [6.45, 7) is 1.96. The molecule has 4 nitrogen and oxygen atoms in total. The summed E-state index contributed by atoms with van der Waals surface area (Å²) in [4.78, 5) is 14.4. The number of hydrogen-bond donors (Lipinski definition) is 1. The van der Waals surface area contributed by atoms with Gasteiger partial charge in [0.25, 0.3) is 0 Å². The van der Waals surface area contributed by atoms with Gasteiger partial charge in [0, 0.05) is 17.8 Å². The van der Waals surface area contributed by atoms with Gasteiger partial charge in [-0.05, 0) is 30.5 Å². The third-order valence-corrected chi connectivity index (χ3v) is 4.79. The van der Waals surface area contributed by atoms with Crippen molar-refractivity contribution in [1.82, 2.24) is 4.90 Å². The zero-order valence-corrected chi connectivity index (χ0v) is 14.8. The van der Waals surface area contributed by atoms with E-state index in [-0.39, 0.29) is 12.1 Å². The highest BCUT2D eigenvalue weighted by molar-refractivity contribution is 6.01. The van der Waals surface area contributed by atoms with E-state index in [9.17, 15) is 4.79 Å². The molecule has 130 valence electrons. The number of hydrogen-bond acceptors (Lipinski definition) is 2. The SMILES string of the molecule is C[C@@H](c1cc2ccccc2o1)N(C)C(=O)Nc1cccc2ccccc12. The van der Waals surface area contributed by atoms with E-state index in [0.29, 0.717) is 0 Å². The van der Waals surface area contributed by atoms with E-state index in [2.05, 4.69) is 5.32 Å². The summed E-state index contributed by atoms with van der Waals surface area (Å²) in [5, 5.41) is 6.17. The lowest BCUT2D eigenvalue weighted by Crippen LogP contribution is -2.33. The fourth-order valence-electron chi connectivity index (χ4n) is 3.11. The number of anilines is 1. The fraction of sp³-hybridized carbons (Fsp3) is 0.136. The molecule has 0 bridgehead atoms. The number of nitrogens with one attached hydrogen (secondary N) is 1. The number of carbonyl (C=O) groups excluding carboxylic acids is 1. The van der Waals surface area contributed by atoms with Crippen LogP contribution < -0.4 is 5.32 Å². The van der Waals surface area contributed by atoms with E-state index in [1.807, 2.05) is 79.7 Å². The third kappa shape index (κ3) is 2.90. The minimum atomic E-state index is -0.183. The first-order chi connectivity index (χ1) is 12.6. The van der Waals surface area contributed by atoms with E-state index < -0.39 is 0 Å². The molecule has 4 heteroatoms. The molecule has 1 N–H and O–H groups in total. The van der Waals surface area contributed by atoms with Gasteiger partial charge in [-0.25, -0.2) is 4.79 Å². The van der Waals surface area contributed by atoms with Crippen LogP contribution in [0.4, 0.5) is 10.5 Å². The molecule has 0 spiro atoms. The number of rotatable bonds is 3. The molecule has 26 heavy (non-hydrogen) atoms. The van der Waals surface area contributed by atoms with Crippen molar-refractivity contribution in [3.8, 4) is 0 Å². The van der Waals surface area contributed by atoms with Gasteiger partial charge in [-0.2, -0.15) is 0 Å². The maximum absolute atomic E-state index is 12.8. The van der Waals surface area contributed by atoms with Gasteiger partial charge >= 0.3 is 6.03 Å². The van der Waals surface area contributed by atoms with Crippen molar-refractivity contribution in [2.45, 2.75) is 13.0 Å². The molecular formula is C22H20N2O2. The van der Waals surface area contributed by atoms with Crippen LogP contribution in [0.5, 0.6) is 0 Å². The van der Waals surface area contributed by atoms with Crippen LogP contribution in [0, 0.1) is 0 Å². The smallest absolute Gasteiger partial charge is 0.322 e. The summed E-state index contributed by atoms with van der Waals surface area (Å²) in [5.41, 5.74) is 1.63. The van der Waals surface area contributed by atoms with Gasteiger partial charge in [0.15, 0.2) is 0 Å². The predicted octanol–water partition coefficient (Wildman–Crippen LogP) is 5.81. The van der Waals surface area contributed by atoms with Crippen LogP contribution in [0.15, 0.2) is 77.2 Å². The average molecular weight is 344 g/mol. The van der Waals surface area contributed by atoms with Gasteiger partial charge in [0.2, 0.25) is 0 Å². The number of fused-ring (bicyclic) bond motifs is 2. The van der Waals surface area contributed by atoms with E-state index >= 15 is 0 Å². The summed E-state index contributed by atoms with van der Waals surface area (Å²) in [6, 6.07) is 23.4. The molecule has 1 aromatic heterocycles. The lowest BCUT2D eigenvalue weighted by Gasteiger charge is -2.24. The van der Waals surface area contributed by atoms with E-state index in [0.717, 1.165) is 33.2 Å². The molecule has 0 fully saturated rings. The van der Waals surface area contributed by atoms with Crippen LogP contribution in [0.1, 0.15) is 18.7 Å². The number of para-hydroxylation sites is 1. The molecule has 0 aliphatic carbocycles. The largest absolute Gasteiger partial charge is 0.459 e. The summed E-state index contributed by atoms with van der Waals surface area (Å²) in [6.07, 6.45) is 0. The summed E-state index contributed by atoms with van der Waals surface area (Å²) >= 11 is 0. The van der Waals surface area contributed by atoms with Gasteiger partial charge in [-0.3, -0.25) is 0 Å². The maximum atomic E-state index is 12.8. The first kappa shape index (κ1) is 16.2. The Morgan fingerprint density at radius 1 is 0.962 bits per heavy atom. The van der Waals surface area contributed by atoms with E-state index in [4.69, 9.17) is 4.42 Å². The standard InChI is InChI=1S/C22H20N2O2/c1-15(21-14-17-9-4-6-13-20(17)26-21)24(2)22(25)23-19-12-7-10-16-8-3-5-11-18(16)19/h3-15H,1-2H3,(H,23,25)/t15-/m0/s1. The Bertz CT molecular complexity index is 1050. The van der Waals surface area contributed by atoms with Crippen LogP contribution in [-0.2, 0) is 0 Å². The van der Waals surface area contributed by atoms with Crippen LogP contribution in [0.3, 0.4) is 0 Å². The van der Waals surface area contributed by atoms with Gasteiger partial charge in [0.05, 0.1) is 11.7 Å². The molecule has 4 rings (SSSR count). The van der Waals surface area contributed by atoms with Gasteiger partial charge in [-0.15, -0.1) is 0 Å². The zero-order chi connectivity index (χ0) is 18.1. The second kappa shape index (κ2) is 6.56. The van der Waals surface area contributed by atoms with Gasteiger partial charge in [0.1, 0.15) is 11.3 Å². The molecular weight excluding hydrogens is 324 g/mol. The summed E-state index contributed by atoms with van der Waals surface area (Å²) < 4.78 is 5.90. The molecule has 0 saturated heterocycles. The number of benzene rings is 3. The lowest BCUT2D eigenvalue weighted by molar-refractivity contribution is 0.202. The molecule has 1 heterocycles. The molecule has 4 aromatic rings. The van der Waals surface area contributed by atoms with Crippen molar-refractivity contribution in [1.29, 1.82) is 0 Å². The second-order valence-electron chi connectivity index (χ2n) is 6.43. The van der Waals surface area contributed by atoms with Gasteiger partial charge < -0.3 is 14.6 Å². The van der Waals surface area contributed by atoms with Crippen molar-refractivity contribution in [3.05, 3.63) is 78.6 Å². The average Bonchev–Trinajstić information content (AvgIpc) is 3.11. The Morgan fingerprint density at radius 2 is 1.65 bits per heavy atom. The van der Waals surface area contributed by atoms with Gasteiger partial charge in [-0.1, -0.05) is 54.6 Å². The molecule has 1 atom stereocenters. The second-order valence-corrected chi connectivity index (χ2v) is 6.43. The quantitative estimate of drug-likeness (QED) is 0.509. The first-order valence-corrected chi connectivity index (χ1v) is 8.63. The number of amides is 2. The van der Waals surface area contributed by atoms with Crippen LogP contribution >= 0.6 is 0 Å². The monoisotopic (exact) mass is 344 g/mol. The maximum Gasteiger partial charge on any atom is 0.322 e. The van der Waals surface area contributed by atoms with Crippen molar-refractivity contribution >= 4 is 33.5 Å². The van der Waals surface area contributed by atoms with Crippen LogP contribution in [0.25, 0.3) is 21.7 Å². The number of furan rings is 1.